The van der Waals surface area contributed by atoms with Gasteiger partial charge in [-0.05, 0) is 12.1 Å². The third-order valence-corrected chi connectivity index (χ3v) is 2.90. The summed E-state index contributed by atoms with van der Waals surface area (Å²) in [6, 6.07) is 7.18. The fourth-order valence-electron chi connectivity index (χ4n) is 1.57. The molecule has 0 saturated heterocycles. The summed E-state index contributed by atoms with van der Waals surface area (Å²) in [5.41, 5.74) is 5.31. The van der Waals surface area contributed by atoms with Gasteiger partial charge in [0.1, 0.15) is 18.5 Å². The molecule has 0 fully saturated rings. The number of nitrogens with two attached hydrogens (primary N) is 3. The van der Waals surface area contributed by atoms with E-state index in [2.05, 4.69) is 5.32 Å². The van der Waals surface area contributed by atoms with Crippen molar-refractivity contribution in [2.45, 2.75) is 12.5 Å². The molecule has 8 N–H and O–H groups in total. The summed E-state index contributed by atoms with van der Waals surface area (Å²) in [4.78, 5) is 0. The zero-order valence-corrected chi connectivity index (χ0v) is 14.4. The van der Waals surface area contributed by atoms with Gasteiger partial charge in [-0.1, -0.05) is 23.7 Å². The molecular formula is C13H23Cl3N4O2. The van der Waals surface area contributed by atoms with Crippen LogP contribution < -0.4 is 51.3 Å². The molecule has 1 atom stereocenters. The van der Waals surface area contributed by atoms with Crippen LogP contribution in [0.4, 0.5) is 0 Å². The molecule has 1 aromatic carbocycles. The summed E-state index contributed by atoms with van der Waals surface area (Å²) in [5, 5.41) is 20.5. The molecule has 1 rings (SSSR count). The molecule has 9 heteroatoms. The van der Waals surface area contributed by atoms with Gasteiger partial charge in [-0.25, -0.2) is 16.5 Å². The lowest BCUT2D eigenvalue weighted by Crippen LogP contribution is -3.00. The Morgan fingerprint density at radius 3 is 2.73 bits per heavy atom. The minimum absolute atomic E-state index is 0. The SMILES string of the molecule is NC(=[NH2+])[NH2+]CCCNCC(O)COc1ccccc1Cl.[Cl-].[Cl-]. The molecule has 0 radical (unpaired) electrons. The summed E-state index contributed by atoms with van der Waals surface area (Å²) < 4.78 is 5.44. The number of benzene rings is 1. The molecule has 1 unspecified atom stereocenters. The Hall–Kier alpha value is -0.760. The molecule has 0 spiro atoms. The molecule has 0 bridgehead atoms. The summed E-state index contributed by atoms with van der Waals surface area (Å²) in [6.07, 6.45) is 0.331. The molecule has 0 aromatic heterocycles. The summed E-state index contributed by atoms with van der Waals surface area (Å²) in [5.74, 6) is 0.926. The average Bonchev–Trinajstić information content (AvgIpc) is 2.41. The highest BCUT2D eigenvalue weighted by molar-refractivity contribution is 6.32. The first-order valence-electron chi connectivity index (χ1n) is 6.57. The topological polar surface area (TPSA) is 110 Å². The number of quaternary nitrogens is 1. The highest BCUT2D eigenvalue weighted by Gasteiger charge is 2.07. The molecular weight excluding hydrogens is 351 g/mol. The van der Waals surface area contributed by atoms with E-state index in [1.54, 1.807) is 17.4 Å². The fraction of sp³-hybridized carbons (Fsp3) is 0.462. The Bertz CT molecular complexity index is 424. The van der Waals surface area contributed by atoms with Crippen molar-refractivity contribution >= 4 is 17.6 Å². The van der Waals surface area contributed by atoms with Gasteiger partial charge < -0.3 is 40.0 Å². The lowest BCUT2D eigenvalue weighted by molar-refractivity contribution is -0.568. The second kappa shape index (κ2) is 13.9. The molecule has 6 nitrogen and oxygen atoms in total. The molecule has 0 aliphatic carbocycles. The van der Waals surface area contributed by atoms with E-state index < -0.39 is 6.10 Å². The number of guanidine groups is 1. The molecule has 0 aliphatic heterocycles. The first kappa shape index (κ1) is 23.5. The van der Waals surface area contributed by atoms with Crippen molar-refractivity contribution in [3.63, 3.8) is 0 Å². The van der Waals surface area contributed by atoms with Gasteiger partial charge in [0, 0.05) is 19.5 Å². The highest BCUT2D eigenvalue weighted by Crippen LogP contribution is 2.22. The molecule has 0 aliphatic rings. The lowest BCUT2D eigenvalue weighted by atomic mass is 10.3. The number of aliphatic hydroxyl groups is 1. The third kappa shape index (κ3) is 10.9. The number of ether oxygens (including phenoxy) is 1. The van der Waals surface area contributed by atoms with Crippen molar-refractivity contribution in [1.82, 2.24) is 5.32 Å². The number of rotatable bonds is 9. The predicted octanol–water partition coefficient (Wildman–Crippen LogP) is -8.30. The van der Waals surface area contributed by atoms with Crippen LogP contribution in [-0.2, 0) is 0 Å². The standard InChI is InChI=1S/C13H21ClN4O2.2ClH/c14-11-4-1-2-5-12(11)20-9-10(19)8-17-6-3-7-18-13(15)16;;/h1-2,4-5,10,17,19H,3,6-9H2,(H4,15,16,18);2*1H. The van der Waals surface area contributed by atoms with Crippen LogP contribution in [0.15, 0.2) is 24.3 Å². The summed E-state index contributed by atoms with van der Waals surface area (Å²) >= 11 is 5.95. The van der Waals surface area contributed by atoms with Crippen LogP contribution in [-0.4, -0.2) is 43.4 Å². The minimum Gasteiger partial charge on any atom is -1.00 e. The van der Waals surface area contributed by atoms with Crippen LogP contribution in [0.25, 0.3) is 0 Å². The van der Waals surface area contributed by atoms with E-state index in [4.69, 9.17) is 27.5 Å². The molecule has 0 amide bonds. The van der Waals surface area contributed by atoms with E-state index in [9.17, 15) is 5.11 Å². The predicted molar refractivity (Wildman–Crippen MR) is 78.4 cm³/mol. The Morgan fingerprint density at radius 1 is 1.41 bits per heavy atom. The Kier molecular flexibility index (Phi) is 14.8. The van der Waals surface area contributed by atoms with Gasteiger partial charge in [0.05, 0.1) is 11.6 Å². The van der Waals surface area contributed by atoms with Crippen LogP contribution in [0.3, 0.4) is 0 Å². The summed E-state index contributed by atoms with van der Waals surface area (Å²) in [7, 11) is 0. The fourth-order valence-corrected chi connectivity index (χ4v) is 1.76. The van der Waals surface area contributed by atoms with Gasteiger partial charge in [0.15, 0.2) is 0 Å². The number of hydrogen-bond donors (Lipinski definition) is 5. The summed E-state index contributed by atoms with van der Waals surface area (Å²) in [6.45, 7) is 2.27. The highest BCUT2D eigenvalue weighted by atomic mass is 35.5. The number of nitrogens with one attached hydrogen (secondary N) is 1. The third-order valence-electron chi connectivity index (χ3n) is 2.59. The van der Waals surface area contributed by atoms with Gasteiger partial charge in [-0.15, -0.1) is 0 Å². The Balaban J connectivity index is 0. The van der Waals surface area contributed by atoms with E-state index in [1.807, 2.05) is 12.1 Å². The van der Waals surface area contributed by atoms with Crippen LogP contribution in [0.1, 0.15) is 6.42 Å². The van der Waals surface area contributed by atoms with Crippen LogP contribution in [0.5, 0.6) is 5.75 Å². The van der Waals surface area contributed by atoms with E-state index in [1.165, 1.54) is 0 Å². The first-order chi connectivity index (χ1) is 9.59. The monoisotopic (exact) mass is 372 g/mol. The second-order valence-electron chi connectivity index (χ2n) is 4.45. The van der Waals surface area contributed by atoms with Crippen LogP contribution in [0.2, 0.25) is 5.02 Å². The van der Waals surface area contributed by atoms with Crippen molar-refractivity contribution in [2.24, 2.45) is 5.73 Å². The number of para-hydroxylation sites is 1. The van der Waals surface area contributed by atoms with E-state index in [0.717, 1.165) is 19.5 Å². The maximum atomic E-state index is 9.76. The maximum Gasteiger partial charge on any atom is 0.434 e. The molecule has 0 saturated carbocycles. The molecule has 128 valence electrons. The van der Waals surface area contributed by atoms with Crippen LogP contribution >= 0.6 is 11.6 Å². The van der Waals surface area contributed by atoms with Gasteiger partial charge in [0.25, 0.3) is 0 Å². The van der Waals surface area contributed by atoms with Crippen LogP contribution in [0, 0.1) is 0 Å². The van der Waals surface area contributed by atoms with E-state index >= 15 is 0 Å². The first-order valence-corrected chi connectivity index (χ1v) is 6.94. The Morgan fingerprint density at radius 2 is 2.09 bits per heavy atom. The van der Waals surface area contributed by atoms with Crippen molar-refractivity contribution in [3.8, 4) is 5.75 Å². The molecule has 1 aromatic rings. The van der Waals surface area contributed by atoms with Gasteiger partial charge in [0.2, 0.25) is 0 Å². The van der Waals surface area contributed by atoms with E-state index in [0.29, 0.717) is 23.3 Å². The van der Waals surface area contributed by atoms with Gasteiger partial charge >= 0.3 is 5.96 Å². The quantitative estimate of drug-likeness (QED) is 0.168. The van der Waals surface area contributed by atoms with Crippen molar-refractivity contribution in [2.75, 3.05) is 26.2 Å². The van der Waals surface area contributed by atoms with Gasteiger partial charge in [-0.3, -0.25) is 0 Å². The largest absolute Gasteiger partial charge is 1.00 e. The molecule has 0 heterocycles. The second-order valence-corrected chi connectivity index (χ2v) is 4.85. The molecule has 22 heavy (non-hydrogen) atoms. The smallest absolute Gasteiger partial charge is 0.434 e. The minimum atomic E-state index is -0.582. The van der Waals surface area contributed by atoms with Crippen molar-refractivity contribution in [1.29, 1.82) is 0 Å². The van der Waals surface area contributed by atoms with Crippen molar-refractivity contribution in [3.05, 3.63) is 29.3 Å². The van der Waals surface area contributed by atoms with E-state index in [-0.39, 0.29) is 31.4 Å². The Labute approximate surface area is 148 Å². The lowest BCUT2D eigenvalue weighted by Gasteiger charge is -2.13. The zero-order valence-electron chi connectivity index (χ0n) is 12.1. The number of aliphatic hydroxyl groups excluding tert-OH is 1. The average molecular weight is 374 g/mol. The maximum absolute atomic E-state index is 9.76. The zero-order chi connectivity index (χ0) is 14.8. The normalized spacial score (nSPS) is 11.0. The number of halogens is 3. The van der Waals surface area contributed by atoms with Crippen molar-refractivity contribution < 1.29 is 45.4 Å². The number of hydrogen-bond acceptors (Lipinski definition) is 3. The van der Waals surface area contributed by atoms with Gasteiger partial charge in [-0.2, -0.15) is 0 Å².